The van der Waals surface area contributed by atoms with Gasteiger partial charge in [-0.2, -0.15) is 0 Å². The van der Waals surface area contributed by atoms with Crippen molar-refractivity contribution in [2.24, 2.45) is 0 Å². The van der Waals surface area contributed by atoms with Crippen LogP contribution in [0.5, 0.6) is 0 Å². The molecule has 0 aromatic heterocycles. The molecule has 0 saturated heterocycles. The molecule has 2 aromatic carbocycles. The van der Waals surface area contributed by atoms with E-state index in [9.17, 15) is 9.59 Å². The van der Waals surface area contributed by atoms with Crippen LogP contribution in [0.25, 0.3) is 0 Å². The standard InChI is InChI=1S/C18H18O3/c1-11-5-7-13(3)15(9-11)17(19)21-18(20)16-10-12(2)6-8-14(16)4/h5-10H,1-4H3. The van der Waals surface area contributed by atoms with E-state index in [4.69, 9.17) is 4.74 Å². The minimum absolute atomic E-state index is 0.425. The van der Waals surface area contributed by atoms with Gasteiger partial charge in [-0.1, -0.05) is 35.4 Å². The number of carbonyl (C=O) groups is 2. The summed E-state index contributed by atoms with van der Waals surface area (Å²) in [5.41, 5.74) is 4.33. The molecule has 21 heavy (non-hydrogen) atoms. The Morgan fingerprint density at radius 1 is 0.714 bits per heavy atom. The maximum atomic E-state index is 12.2. The zero-order valence-electron chi connectivity index (χ0n) is 12.7. The van der Waals surface area contributed by atoms with Crippen molar-refractivity contribution >= 4 is 11.9 Å². The van der Waals surface area contributed by atoms with E-state index in [1.807, 2.05) is 52.0 Å². The van der Waals surface area contributed by atoms with Gasteiger partial charge in [0.15, 0.2) is 0 Å². The van der Waals surface area contributed by atoms with Crippen molar-refractivity contribution in [3.63, 3.8) is 0 Å². The quantitative estimate of drug-likeness (QED) is 0.619. The molecule has 0 amide bonds. The third-order valence-electron chi connectivity index (χ3n) is 3.41. The lowest BCUT2D eigenvalue weighted by Gasteiger charge is -2.08. The normalized spacial score (nSPS) is 10.3. The van der Waals surface area contributed by atoms with Gasteiger partial charge in [0, 0.05) is 0 Å². The Hall–Kier alpha value is -2.42. The molecule has 0 bridgehead atoms. The maximum absolute atomic E-state index is 12.2. The molecule has 3 heteroatoms. The Labute approximate surface area is 124 Å². The predicted molar refractivity (Wildman–Crippen MR) is 81.6 cm³/mol. The summed E-state index contributed by atoms with van der Waals surface area (Å²) in [7, 11) is 0. The van der Waals surface area contributed by atoms with Gasteiger partial charge >= 0.3 is 11.9 Å². The van der Waals surface area contributed by atoms with Gasteiger partial charge in [-0.25, -0.2) is 9.59 Å². The molecule has 0 aliphatic heterocycles. The van der Waals surface area contributed by atoms with E-state index < -0.39 is 11.9 Å². The summed E-state index contributed by atoms with van der Waals surface area (Å²) in [5.74, 6) is -1.22. The van der Waals surface area contributed by atoms with Crippen LogP contribution in [0.4, 0.5) is 0 Å². The van der Waals surface area contributed by atoms with Crippen LogP contribution < -0.4 is 0 Å². The summed E-state index contributed by atoms with van der Waals surface area (Å²) in [6.07, 6.45) is 0. The SMILES string of the molecule is Cc1ccc(C)c(C(=O)OC(=O)c2cc(C)ccc2C)c1. The van der Waals surface area contributed by atoms with Crippen molar-refractivity contribution in [1.82, 2.24) is 0 Å². The van der Waals surface area contributed by atoms with E-state index in [0.717, 1.165) is 22.3 Å². The monoisotopic (exact) mass is 282 g/mol. The van der Waals surface area contributed by atoms with Gasteiger partial charge in [0.2, 0.25) is 0 Å². The lowest BCUT2D eigenvalue weighted by molar-refractivity contribution is 0.0397. The molecule has 2 aromatic rings. The number of ether oxygens (including phenoxy) is 1. The lowest BCUT2D eigenvalue weighted by atomic mass is 10.1. The first kappa shape index (κ1) is 15.0. The number of hydrogen-bond donors (Lipinski definition) is 0. The first-order valence-corrected chi connectivity index (χ1v) is 6.79. The van der Waals surface area contributed by atoms with Crippen LogP contribution in [-0.2, 0) is 4.74 Å². The van der Waals surface area contributed by atoms with Crippen LogP contribution in [0.2, 0.25) is 0 Å². The third kappa shape index (κ3) is 3.37. The summed E-state index contributed by atoms with van der Waals surface area (Å²) < 4.78 is 5.02. The molecule has 3 nitrogen and oxygen atoms in total. The van der Waals surface area contributed by atoms with Gasteiger partial charge in [0.05, 0.1) is 11.1 Å². The number of aryl methyl sites for hydroxylation is 4. The second kappa shape index (κ2) is 5.92. The maximum Gasteiger partial charge on any atom is 0.346 e. The second-order valence-corrected chi connectivity index (χ2v) is 5.31. The molecule has 0 fully saturated rings. The average molecular weight is 282 g/mol. The molecule has 0 spiro atoms. The highest BCUT2D eigenvalue weighted by atomic mass is 16.6. The highest BCUT2D eigenvalue weighted by Crippen LogP contribution is 2.16. The molecule has 108 valence electrons. The van der Waals surface area contributed by atoms with Gasteiger partial charge in [0.1, 0.15) is 0 Å². The number of hydrogen-bond acceptors (Lipinski definition) is 3. The van der Waals surface area contributed by atoms with Crippen LogP contribution in [0.1, 0.15) is 43.0 Å². The topological polar surface area (TPSA) is 43.4 Å². The average Bonchev–Trinajstić information content (AvgIpc) is 2.43. The Morgan fingerprint density at radius 2 is 1.10 bits per heavy atom. The molecule has 0 unspecified atom stereocenters. The lowest BCUT2D eigenvalue weighted by Crippen LogP contribution is -2.15. The molecular weight excluding hydrogens is 264 g/mol. The van der Waals surface area contributed by atoms with Crippen molar-refractivity contribution in [3.8, 4) is 0 Å². The van der Waals surface area contributed by atoms with Crippen molar-refractivity contribution in [3.05, 3.63) is 69.8 Å². The van der Waals surface area contributed by atoms with Gasteiger partial charge in [-0.15, -0.1) is 0 Å². The fourth-order valence-electron chi connectivity index (χ4n) is 2.11. The smallest absolute Gasteiger partial charge is 0.346 e. The zero-order valence-corrected chi connectivity index (χ0v) is 12.7. The van der Waals surface area contributed by atoms with E-state index in [0.29, 0.717) is 11.1 Å². The highest BCUT2D eigenvalue weighted by Gasteiger charge is 2.18. The molecule has 0 aliphatic rings. The van der Waals surface area contributed by atoms with Crippen LogP contribution >= 0.6 is 0 Å². The number of esters is 2. The largest absolute Gasteiger partial charge is 0.386 e. The predicted octanol–water partition coefficient (Wildman–Crippen LogP) is 3.92. The second-order valence-electron chi connectivity index (χ2n) is 5.31. The van der Waals surface area contributed by atoms with E-state index in [1.165, 1.54) is 0 Å². The summed E-state index contributed by atoms with van der Waals surface area (Å²) in [6, 6.07) is 11.0. The van der Waals surface area contributed by atoms with Crippen LogP contribution in [0, 0.1) is 27.7 Å². The Morgan fingerprint density at radius 3 is 1.48 bits per heavy atom. The first-order valence-electron chi connectivity index (χ1n) is 6.79. The van der Waals surface area contributed by atoms with Gasteiger partial charge in [-0.3, -0.25) is 0 Å². The van der Waals surface area contributed by atoms with E-state index in [1.54, 1.807) is 12.1 Å². The number of carbonyl (C=O) groups excluding carboxylic acids is 2. The minimum Gasteiger partial charge on any atom is -0.386 e. The van der Waals surface area contributed by atoms with Crippen LogP contribution in [0.3, 0.4) is 0 Å². The molecule has 0 saturated carbocycles. The molecule has 0 heterocycles. The molecule has 0 aliphatic carbocycles. The van der Waals surface area contributed by atoms with Crippen molar-refractivity contribution in [2.45, 2.75) is 27.7 Å². The Bertz CT molecular complexity index is 653. The first-order chi connectivity index (χ1) is 9.88. The molecule has 0 atom stereocenters. The van der Waals surface area contributed by atoms with Crippen LogP contribution in [0.15, 0.2) is 36.4 Å². The minimum atomic E-state index is -0.609. The summed E-state index contributed by atoms with van der Waals surface area (Å²) in [6.45, 7) is 7.42. The third-order valence-corrected chi connectivity index (χ3v) is 3.41. The van der Waals surface area contributed by atoms with Gasteiger partial charge in [-0.05, 0) is 51.0 Å². The molecule has 2 rings (SSSR count). The van der Waals surface area contributed by atoms with E-state index in [2.05, 4.69) is 0 Å². The zero-order chi connectivity index (χ0) is 15.6. The van der Waals surface area contributed by atoms with Crippen LogP contribution in [-0.4, -0.2) is 11.9 Å². The summed E-state index contributed by atoms with van der Waals surface area (Å²) in [4.78, 5) is 24.3. The summed E-state index contributed by atoms with van der Waals surface area (Å²) in [5, 5.41) is 0. The number of rotatable bonds is 2. The fraction of sp³-hybridized carbons (Fsp3) is 0.222. The summed E-state index contributed by atoms with van der Waals surface area (Å²) >= 11 is 0. The highest BCUT2D eigenvalue weighted by molar-refractivity contribution is 6.03. The van der Waals surface area contributed by atoms with Crippen molar-refractivity contribution in [2.75, 3.05) is 0 Å². The fourth-order valence-corrected chi connectivity index (χ4v) is 2.11. The van der Waals surface area contributed by atoms with Crippen molar-refractivity contribution in [1.29, 1.82) is 0 Å². The number of benzene rings is 2. The Kier molecular flexibility index (Phi) is 4.22. The molecular formula is C18H18O3. The van der Waals surface area contributed by atoms with Gasteiger partial charge in [0.25, 0.3) is 0 Å². The van der Waals surface area contributed by atoms with Crippen molar-refractivity contribution < 1.29 is 14.3 Å². The van der Waals surface area contributed by atoms with Gasteiger partial charge < -0.3 is 4.74 Å². The Balaban J connectivity index is 2.25. The molecule has 0 radical (unpaired) electrons. The van der Waals surface area contributed by atoms with E-state index >= 15 is 0 Å². The molecule has 0 N–H and O–H groups in total. The van der Waals surface area contributed by atoms with E-state index in [-0.39, 0.29) is 0 Å².